The Kier molecular flexibility index (Phi) is 6.56. The van der Waals surface area contributed by atoms with Crippen LogP contribution in [0.1, 0.15) is 26.2 Å². The number of carbonyl (C=O) groups is 1. The normalized spacial score (nSPS) is 22.0. The zero-order valence-corrected chi connectivity index (χ0v) is 17.1. The van der Waals surface area contributed by atoms with Crippen molar-refractivity contribution in [2.45, 2.75) is 32.3 Å². The molecule has 0 radical (unpaired) electrons. The fraction of sp³-hybridized carbons (Fsp3) is 0.591. The summed E-state index contributed by atoms with van der Waals surface area (Å²) in [5.74, 6) is 0.586. The van der Waals surface area contributed by atoms with Crippen molar-refractivity contribution in [3.8, 4) is 6.01 Å². The molecule has 0 saturated carbocycles. The molecule has 1 aromatic heterocycles. The third-order valence-corrected chi connectivity index (χ3v) is 5.74. The Balaban J connectivity index is 1.13. The highest BCUT2D eigenvalue weighted by molar-refractivity contribution is 5.77. The number of likely N-dealkylation sites (tertiary alicyclic amines) is 1. The lowest BCUT2D eigenvalue weighted by atomic mass is 9.95. The van der Waals surface area contributed by atoms with Crippen LogP contribution in [0, 0.1) is 5.92 Å². The van der Waals surface area contributed by atoms with Gasteiger partial charge in [-0.05, 0) is 51.3 Å². The fourth-order valence-electron chi connectivity index (χ4n) is 4.28. The number of aromatic nitrogens is 2. The van der Waals surface area contributed by atoms with Gasteiger partial charge >= 0.3 is 12.0 Å². The first-order valence-corrected chi connectivity index (χ1v) is 10.6. The summed E-state index contributed by atoms with van der Waals surface area (Å²) in [4.78, 5) is 25.1. The molecule has 1 atom stereocenters. The molecule has 29 heavy (non-hydrogen) atoms. The maximum atomic E-state index is 11.6. The van der Waals surface area contributed by atoms with Crippen LogP contribution in [0.25, 0.3) is 10.9 Å². The molecule has 1 aromatic carbocycles. The van der Waals surface area contributed by atoms with Crippen LogP contribution in [0.2, 0.25) is 0 Å². The summed E-state index contributed by atoms with van der Waals surface area (Å²) in [5.41, 5.74) is 0.913. The molecule has 0 N–H and O–H groups in total. The molecular formula is C22H30N4O3. The predicted molar refractivity (Wildman–Crippen MR) is 111 cm³/mol. The average Bonchev–Trinajstić information content (AvgIpc) is 2.71. The van der Waals surface area contributed by atoms with Crippen LogP contribution in [0.4, 0.5) is 0 Å². The topological polar surface area (TPSA) is 67.8 Å². The zero-order valence-electron chi connectivity index (χ0n) is 17.1. The number of hydrogen-bond donors (Lipinski definition) is 0. The molecule has 0 bridgehead atoms. The van der Waals surface area contributed by atoms with E-state index in [9.17, 15) is 4.79 Å². The van der Waals surface area contributed by atoms with Crippen LogP contribution in [-0.2, 0) is 9.53 Å². The lowest BCUT2D eigenvalue weighted by Gasteiger charge is -2.36. The van der Waals surface area contributed by atoms with Gasteiger partial charge in [0.1, 0.15) is 6.10 Å². The first-order chi connectivity index (χ1) is 14.2. The number of morpholine rings is 1. The average molecular weight is 399 g/mol. The Labute approximate surface area is 172 Å². The van der Waals surface area contributed by atoms with Crippen LogP contribution in [0.15, 0.2) is 30.5 Å². The lowest BCUT2D eigenvalue weighted by Crippen LogP contribution is -2.47. The molecule has 0 spiro atoms. The molecule has 4 rings (SSSR count). The lowest BCUT2D eigenvalue weighted by molar-refractivity contribution is -0.157. The number of cyclic esters (lactones) is 1. The first-order valence-electron chi connectivity index (χ1n) is 10.6. The Morgan fingerprint density at radius 1 is 1.21 bits per heavy atom. The van der Waals surface area contributed by atoms with E-state index in [0.29, 0.717) is 25.1 Å². The van der Waals surface area contributed by atoms with Crippen LogP contribution in [0.5, 0.6) is 6.01 Å². The van der Waals surface area contributed by atoms with Gasteiger partial charge in [0.25, 0.3) is 0 Å². The van der Waals surface area contributed by atoms with Gasteiger partial charge < -0.3 is 14.4 Å². The second-order valence-electron chi connectivity index (χ2n) is 8.19. The Morgan fingerprint density at radius 3 is 2.86 bits per heavy atom. The molecule has 3 heterocycles. The van der Waals surface area contributed by atoms with Gasteiger partial charge in [-0.2, -0.15) is 4.98 Å². The van der Waals surface area contributed by atoms with Crippen molar-refractivity contribution in [3.05, 3.63) is 30.5 Å². The van der Waals surface area contributed by atoms with E-state index in [2.05, 4.69) is 19.8 Å². The number of benzene rings is 1. The summed E-state index contributed by atoms with van der Waals surface area (Å²) in [6, 6.07) is 8.38. The van der Waals surface area contributed by atoms with E-state index in [-0.39, 0.29) is 12.1 Å². The number of esters is 1. The number of ether oxygens (including phenoxy) is 2. The van der Waals surface area contributed by atoms with E-state index in [1.165, 1.54) is 12.8 Å². The van der Waals surface area contributed by atoms with Crippen LogP contribution in [0.3, 0.4) is 0 Å². The molecule has 2 saturated heterocycles. The molecule has 7 heteroatoms. The monoisotopic (exact) mass is 398 g/mol. The molecule has 2 fully saturated rings. The van der Waals surface area contributed by atoms with Gasteiger partial charge in [-0.3, -0.25) is 9.69 Å². The molecule has 7 nitrogen and oxygen atoms in total. The smallest absolute Gasteiger partial charge is 0.320 e. The van der Waals surface area contributed by atoms with Crippen molar-refractivity contribution in [2.24, 2.45) is 5.92 Å². The van der Waals surface area contributed by atoms with E-state index >= 15 is 0 Å². The summed E-state index contributed by atoms with van der Waals surface area (Å²) >= 11 is 0. The second-order valence-corrected chi connectivity index (χ2v) is 8.19. The summed E-state index contributed by atoms with van der Waals surface area (Å²) in [6.45, 7) is 8.18. The summed E-state index contributed by atoms with van der Waals surface area (Å²) in [6.07, 6.45) is 5.17. The number of para-hydroxylation sites is 1. The number of piperidine rings is 1. The standard InChI is InChI=1S/C22H30N4O3/c1-17-14-26(16-21(27)29-17)15-18-7-10-25(11-8-18)9-4-12-28-22-23-13-19-5-2-3-6-20(19)24-22/h2-3,5-6,13,17-18H,4,7-12,14-16H2,1H3. The van der Waals surface area contributed by atoms with Gasteiger partial charge in [-0.15, -0.1) is 0 Å². The third-order valence-electron chi connectivity index (χ3n) is 5.74. The highest BCUT2D eigenvalue weighted by Gasteiger charge is 2.27. The summed E-state index contributed by atoms with van der Waals surface area (Å²) < 4.78 is 11.0. The van der Waals surface area contributed by atoms with Gasteiger partial charge in [-0.1, -0.05) is 18.2 Å². The quantitative estimate of drug-likeness (QED) is 0.524. The second kappa shape index (κ2) is 9.50. The number of nitrogens with zero attached hydrogens (tertiary/aromatic N) is 4. The molecule has 2 aliphatic heterocycles. The van der Waals surface area contributed by atoms with Crippen LogP contribution >= 0.6 is 0 Å². The Hall–Kier alpha value is -2.25. The van der Waals surface area contributed by atoms with Gasteiger partial charge in [0, 0.05) is 31.2 Å². The minimum atomic E-state index is -0.0865. The Bertz CT molecular complexity index is 823. The minimum absolute atomic E-state index is 0.0166. The van der Waals surface area contributed by atoms with Gasteiger partial charge in [0.2, 0.25) is 0 Å². The maximum Gasteiger partial charge on any atom is 0.320 e. The summed E-state index contributed by atoms with van der Waals surface area (Å²) in [5, 5.41) is 1.03. The molecule has 2 aromatic rings. The largest absolute Gasteiger partial charge is 0.463 e. The van der Waals surface area contributed by atoms with Crippen LogP contribution < -0.4 is 4.74 Å². The number of rotatable bonds is 7. The van der Waals surface area contributed by atoms with Gasteiger partial charge in [0.15, 0.2) is 0 Å². The van der Waals surface area contributed by atoms with Crippen molar-refractivity contribution >= 4 is 16.9 Å². The molecule has 2 aliphatic rings. The molecule has 0 aliphatic carbocycles. The van der Waals surface area contributed by atoms with Crippen LogP contribution in [-0.4, -0.2) is 77.7 Å². The molecule has 0 amide bonds. The van der Waals surface area contributed by atoms with E-state index in [1.54, 1.807) is 0 Å². The van der Waals surface area contributed by atoms with Crippen molar-refractivity contribution in [1.82, 2.24) is 19.8 Å². The van der Waals surface area contributed by atoms with Gasteiger partial charge in [0.05, 0.1) is 18.7 Å². The minimum Gasteiger partial charge on any atom is -0.463 e. The van der Waals surface area contributed by atoms with Crippen molar-refractivity contribution in [1.29, 1.82) is 0 Å². The fourth-order valence-corrected chi connectivity index (χ4v) is 4.28. The SMILES string of the molecule is CC1CN(CC2CCN(CCCOc3ncc4ccccc4n3)CC2)CC(=O)O1. The van der Waals surface area contributed by atoms with Crippen molar-refractivity contribution in [3.63, 3.8) is 0 Å². The molecule has 156 valence electrons. The predicted octanol–water partition coefficient (Wildman–Crippen LogP) is 2.36. The highest BCUT2D eigenvalue weighted by Crippen LogP contribution is 2.20. The Morgan fingerprint density at radius 2 is 2.03 bits per heavy atom. The third kappa shape index (κ3) is 5.64. The van der Waals surface area contributed by atoms with E-state index in [0.717, 1.165) is 50.0 Å². The van der Waals surface area contributed by atoms with E-state index in [4.69, 9.17) is 9.47 Å². The molecule has 1 unspecified atom stereocenters. The van der Waals surface area contributed by atoms with E-state index in [1.807, 2.05) is 37.4 Å². The zero-order chi connectivity index (χ0) is 20.1. The summed E-state index contributed by atoms with van der Waals surface area (Å²) in [7, 11) is 0. The number of carbonyl (C=O) groups excluding carboxylic acids is 1. The molecular weight excluding hydrogens is 368 g/mol. The van der Waals surface area contributed by atoms with Crippen molar-refractivity contribution in [2.75, 3.05) is 45.9 Å². The van der Waals surface area contributed by atoms with E-state index < -0.39 is 0 Å². The highest BCUT2D eigenvalue weighted by atomic mass is 16.5. The number of fused-ring (bicyclic) bond motifs is 1. The number of hydrogen-bond acceptors (Lipinski definition) is 7. The first kappa shape index (κ1) is 20.0. The maximum absolute atomic E-state index is 11.6. The van der Waals surface area contributed by atoms with Crippen molar-refractivity contribution < 1.29 is 14.3 Å². The van der Waals surface area contributed by atoms with Gasteiger partial charge in [-0.25, -0.2) is 4.98 Å².